The zero-order chi connectivity index (χ0) is 14.1. The Morgan fingerprint density at radius 1 is 1.11 bits per heavy atom. The first-order valence-corrected chi connectivity index (χ1v) is 4.43. The molecule has 1 heterocycles. The standard InChI is InChI=1S/C9H7F6NO2/c1-4-7(17-2)5(8(10,11)12)3-6(16-4)18-9(13,14)15/h3H,1-2H3. The third kappa shape index (κ3) is 3.41. The molecule has 0 atom stereocenters. The van der Waals surface area contributed by atoms with Gasteiger partial charge in [-0.05, 0) is 6.92 Å². The highest BCUT2D eigenvalue weighted by atomic mass is 19.4. The third-order valence-electron chi connectivity index (χ3n) is 1.85. The van der Waals surface area contributed by atoms with Crippen LogP contribution in [0.5, 0.6) is 11.6 Å². The second-order valence-electron chi connectivity index (χ2n) is 3.17. The molecule has 1 rings (SSSR count). The van der Waals surface area contributed by atoms with Crippen LogP contribution in [0, 0.1) is 6.92 Å². The summed E-state index contributed by atoms with van der Waals surface area (Å²) in [5.41, 5.74) is -1.73. The molecule has 1 aromatic rings. The summed E-state index contributed by atoms with van der Waals surface area (Å²) in [4.78, 5) is 3.24. The highest BCUT2D eigenvalue weighted by Gasteiger charge is 2.38. The van der Waals surface area contributed by atoms with Crippen molar-refractivity contribution in [2.75, 3.05) is 7.11 Å². The van der Waals surface area contributed by atoms with Crippen LogP contribution in [0.25, 0.3) is 0 Å². The largest absolute Gasteiger partial charge is 0.574 e. The summed E-state index contributed by atoms with van der Waals surface area (Å²) in [6.45, 7) is 1.08. The Hall–Kier alpha value is -1.67. The number of alkyl halides is 6. The van der Waals surface area contributed by atoms with Gasteiger partial charge in [-0.1, -0.05) is 0 Å². The molecule has 3 nitrogen and oxygen atoms in total. The van der Waals surface area contributed by atoms with Gasteiger partial charge >= 0.3 is 12.5 Å². The van der Waals surface area contributed by atoms with E-state index in [4.69, 9.17) is 0 Å². The average Bonchev–Trinajstić information content (AvgIpc) is 2.12. The van der Waals surface area contributed by atoms with E-state index in [1.807, 2.05) is 0 Å². The predicted octanol–water partition coefficient (Wildman–Crippen LogP) is 3.32. The molecule has 0 aliphatic heterocycles. The van der Waals surface area contributed by atoms with Crippen LogP contribution in [-0.4, -0.2) is 18.5 Å². The molecule has 1 aromatic heterocycles. The van der Waals surface area contributed by atoms with Gasteiger partial charge in [-0.2, -0.15) is 13.2 Å². The summed E-state index contributed by atoms with van der Waals surface area (Å²) < 4.78 is 81.3. The molecule has 0 radical (unpaired) electrons. The Balaban J connectivity index is 3.31. The number of rotatable bonds is 2. The lowest BCUT2D eigenvalue weighted by Crippen LogP contribution is -2.19. The topological polar surface area (TPSA) is 31.4 Å². The van der Waals surface area contributed by atoms with E-state index < -0.39 is 29.7 Å². The van der Waals surface area contributed by atoms with Crippen LogP contribution in [0.1, 0.15) is 11.3 Å². The van der Waals surface area contributed by atoms with Gasteiger partial charge in [0, 0.05) is 6.07 Å². The molecule has 18 heavy (non-hydrogen) atoms. The van der Waals surface area contributed by atoms with E-state index in [9.17, 15) is 26.3 Å². The van der Waals surface area contributed by atoms with Crippen molar-refractivity contribution in [3.05, 3.63) is 17.3 Å². The lowest BCUT2D eigenvalue weighted by atomic mass is 10.2. The maximum Gasteiger partial charge on any atom is 0.574 e. The predicted molar refractivity (Wildman–Crippen MR) is 47.2 cm³/mol. The van der Waals surface area contributed by atoms with E-state index in [-0.39, 0.29) is 11.8 Å². The Bertz CT molecular complexity index is 440. The van der Waals surface area contributed by atoms with Gasteiger partial charge in [0.2, 0.25) is 5.88 Å². The first-order valence-electron chi connectivity index (χ1n) is 4.43. The van der Waals surface area contributed by atoms with Crippen LogP contribution >= 0.6 is 0 Å². The van der Waals surface area contributed by atoms with Crippen molar-refractivity contribution >= 4 is 0 Å². The Morgan fingerprint density at radius 2 is 1.67 bits per heavy atom. The van der Waals surface area contributed by atoms with Crippen molar-refractivity contribution < 1.29 is 35.8 Å². The number of hydrogen-bond donors (Lipinski definition) is 0. The van der Waals surface area contributed by atoms with Gasteiger partial charge in [-0.3, -0.25) is 0 Å². The first kappa shape index (κ1) is 14.4. The van der Waals surface area contributed by atoms with Crippen LogP contribution < -0.4 is 9.47 Å². The molecule has 0 aliphatic rings. The minimum Gasteiger partial charge on any atom is -0.494 e. The number of pyridine rings is 1. The van der Waals surface area contributed by atoms with Gasteiger partial charge in [0.15, 0.2) is 5.75 Å². The molecule has 0 saturated carbocycles. The minimum atomic E-state index is -5.11. The Kier molecular flexibility index (Phi) is 3.63. The van der Waals surface area contributed by atoms with Gasteiger partial charge < -0.3 is 9.47 Å². The molecule has 0 aliphatic carbocycles. The van der Waals surface area contributed by atoms with Crippen LogP contribution in [-0.2, 0) is 6.18 Å². The monoisotopic (exact) mass is 275 g/mol. The van der Waals surface area contributed by atoms with Crippen LogP contribution in [0.15, 0.2) is 6.07 Å². The van der Waals surface area contributed by atoms with Crippen LogP contribution in [0.4, 0.5) is 26.3 Å². The van der Waals surface area contributed by atoms with Crippen molar-refractivity contribution in [1.29, 1.82) is 0 Å². The quantitative estimate of drug-likeness (QED) is 0.776. The highest BCUT2D eigenvalue weighted by molar-refractivity contribution is 5.42. The molecule has 0 unspecified atom stereocenters. The summed E-state index contributed by atoms with van der Waals surface area (Å²) in [6.07, 6.45) is -9.99. The van der Waals surface area contributed by atoms with E-state index in [2.05, 4.69) is 14.5 Å². The molecule has 0 spiro atoms. The van der Waals surface area contributed by atoms with Crippen molar-refractivity contribution in [3.8, 4) is 11.6 Å². The second kappa shape index (κ2) is 4.54. The fraction of sp³-hybridized carbons (Fsp3) is 0.444. The van der Waals surface area contributed by atoms with Gasteiger partial charge in [-0.15, -0.1) is 13.2 Å². The van der Waals surface area contributed by atoms with Crippen LogP contribution in [0.2, 0.25) is 0 Å². The Labute approximate surface area is 97.3 Å². The van der Waals surface area contributed by atoms with Gasteiger partial charge in [0.25, 0.3) is 0 Å². The average molecular weight is 275 g/mol. The molecule has 0 bridgehead atoms. The molecule has 0 N–H and O–H groups in total. The maximum atomic E-state index is 12.6. The number of nitrogens with zero attached hydrogens (tertiary/aromatic N) is 1. The fourth-order valence-electron chi connectivity index (χ4n) is 1.27. The summed E-state index contributed by atoms with van der Waals surface area (Å²) in [5, 5.41) is 0. The van der Waals surface area contributed by atoms with Crippen molar-refractivity contribution in [3.63, 3.8) is 0 Å². The van der Waals surface area contributed by atoms with E-state index in [0.717, 1.165) is 14.0 Å². The maximum absolute atomic E-state index is 12.6. The number of methoxy groups -OCH3 is 1. The molecule has 0 aromatic carbocycles. The van der Waals surface area contributed by atoms with Gasteiger partial charge in [0.1, 0.15) is 5.56 Å². The number of ether oxygens (including phenoxy) is 2. The third-order valence-corrected chi connectivity index (χ3v) is 1.85. The number of hydrogen-bond acceptors (Lipinski definition) is 3. The molecule has 0 amide bonds. The normalized spacial score (nSPS) is 12.4. The highest BCUT2D eigenvalue weighted by Crippen LogP contribution is 2.39. The van der Waals surface area contributed by atoms with Gasteiger partial charge in [0.05, 0.1) is 12.8 Å². The number of aryl methyl sites for hydroxylation is 1. The van der Waals surface area contributed by atoms with Crippen LogP contribution in [0.3, 0.4) is 0 Å². The minimum absolute atomic E-state index is 0.138. The van der Waals surface area contributed by atoms with E-state index in [1.54, 1.807) is 0 Å². The zero-order valence-electron chi connectivity index (χ0n) is 9.11. The summed E-state index contributed by atoms with van der Waals surface area (Å²) in [7, 11) is 0.962. The second-order valence-corrected chi connectivity index (χ2v) is 3.17. The van der Waals surface area contributed by atoms with E-state index >= 15 is 0 Å². The molecule has 102 valence electrons. The zero-order valence-corrected chi connectivity index (χ0v) is 9.11. The molecular weight excluding hydrogens is 268 g/mol. The fourth-order valence-corrected chi connectivity index (χ4v) is 1.27. The summed E-state index contributed by atoms with van der Waals surface area (Å²) >= 11 is 0. The van der Waals surface area contributed by atoms with Gasteiger partial charge in [-0.25, -0.2) is 4.98 Å². The Morgan fingerprint density at radius 3 is 2.06 bits per heavy atom. The van der Waals surface area contributed by atoms with E-state index in [1.165, 1.54) is 0 Å². The summed E-state index contributed by atoms with van der Waals surface area (Å²) in [5.74, 6) is -1.83. The summed E-state index contributed by atoms with van der Waals surface area (Å²) in [6, 6.07) is 0.138. The lowest BCUT2D eigenvalue weighted by Gasteiger charge is -2.16. The molecule has 0 saturated heterocycles. The number of aromatic nitrogens is 1. The molecule has 9 heteroatoms. The number of halogens is 6. The SMILES string of the molecule is COc1c(C(F)(F)F)cc(OC(F)(F)F)nc1C. The molecular formula is C9H7F6NO2. The smallest absolute Gasteiger partial charge is 0.494 e. The van der Waals surface area contributed by atoms with E-state index in [0.29, 0.717) is 0 Å². The van der Waals surface area contributed by atoms with Crippen molar-refractivity contribution in [2.45, 2.75) is 19.5 Å². The lowest BCUT2D eigenvalue weighted by molar-refractivity contribution is -0.276. The van der Waals surface area contributed by atoms with Crippen molar-refractivity contribution in [2.24, 2.45) is 0 Å². The first-order chi connectivity index (χ1) is 8.04. The molecule has 0 fully saturated rings. The van der Waals surface area contributed by atoms with Crippen molar-refractivity contribution in [1.82, 2.24) is 4.98 Å².